The second-order valence-corrected chi connectivity index (χ2v) is 4.72. The van der Waals surface area contributed by atoms with Gasteiger partial charge in [0, 0.05) is 16.3 Å². The fraction of sp³-hybridized carbons (Fsp3) is 0.357. The van der Waals surface area contributed by atoms with Crippen molar-refractivity contribution < 1.29 is 4.74 Å². The molecule has 1 aromatic heterocycles. The van der Waals surface area contributed by atoms with Crippen molar-refractivity contribution in [3.63, 3.8) is 0 Å². The number of H-pyrrole nitrogens is 1. The van der Waals surface area contributed by atoms with E-state index in [4.69, 9.17) is 16.3 Å². The first-order valence-electron chi connectivity index (χ1n) is 6.15. The molecule has 0 aliphatic heterocycles. The minimum absolute atomic E-state index is 0.688. The number of unbranched alkanes of at least 4 members (excludes halogenated alkanes) is 1. The molecule has 0 radical (unpaired) electrons. The van der Waals surface area contributed by atoms with E-state index in [1.54, 1.807) is 0 Å². The molecule has 0 aliphatic rings. The number of nitrogens with one attached hydrogen (secondary N) is 1. The smallest absolute Gasteiger partial charge is 0.128 e. The van der Waals surface area contributed by atoms with Gasteiger partial charge >= 0.3 is 0 Å². The van der Waals surface area contributed by atoms with Crippen LogP contribution in [0.1, 0.15) is 25.5 Å². The Kier molecular flexibility index (Phi) is 4.26. The second kappa shape index (κ2) is 5.91. The zero-order valence-electron chi connectivity index (χ0n) is 10.7. The molecule has 0 bridgehead atoms. The minimum atomic E-state index is 0.688. The Morgan fingerprint density at radius 1 is 1.33 bits per heavy atom. The van der Waals surface area contributed by atoms with Crippen LogP contribution in [0, 0.1) is 6.92 Å². The van der Waals surface area contributed by atoms with Gasteiger partial charge in [0.2, 0.25) is 0 Å². The third-order valence-electron chi connectivity index (χ3n) is 2.68. The lowest BCUT2D eigenvalue weighted by molar-refractivity contribution is 0.310. The highest BCUT2D eigenvalue weighted by molar-refractivity contribution is 6.30. The number of hydrogen-bond acceptors (Lipinski definition) is 2. The van der Waals surface area contributed by atoms with Crippen molar-refractivity contribution in [2.75, 3.05) is 6.61 Å². The van der Waals surface area contributed by atoms with E-state index < -0.39 is 0 Å². The molecule has 3 nitrogen and oxygen atoms in total. The van der Waals surface area contributed by atoms with Crippen LogP contribution in [0.4, 0.5) is 0 Å². The highest BCUT2D eigenvalue weighted by Gasteiger charge is 2.10. The van der Waals surface area contributed by atoms with Crippen LogP contribution < -0.4 is 4.74 Å². The van der Waals surface area contributed by atoms with Gasteiger partial charge in [0.15, 0.2) is 0 Å². The van der Waals surface area contributed by atoms with Gasteiger partial charge < -0.3 is 4.74 Å². The molecule has 18 heavy (non-hydrogen) atoms. The van der Waals surface area contributed by atoms with Gasteiger partial charge in [-0.25, -0.2) is 0 Å². The molecule has 0 aliphatic carbocycles. The van der Waals surface area contributed by atoms with Crippen molar-refractivity contribution in [1.29, 1.82) is 0 Å². The van der Waals surface area contributed by atoms with Gasteiger partial charge in [-0.1, -0.05) is 24.9 Å². The largest absolute Gasteiger partial charge is 0.493 e. The van der Waals surface area contributed by atoms with Crippen molar-refractivity contribution >= 4 is 11.6 Å². The summed E-state index contributed by atoms with van der Waals surface area (Å²) in [7, 11) is 0. The van der Waals surface area contributed by atoms with Crippen LogP contribution in [0.5, 0.6) is 5.75 Å². The summed E-state index contributed by atoms with van der Waals surface area (Å²) in [5.74, 6) is 0.833. The quantitative estimate of drug-likeness (QED) is 0.821. The molecule has 0 spiro atoms. The minimum Gasteiger partial charge on any atom is -0.493 e. The number of halogens is 1. The SMILES string of the molecule is CCCCOc1ccc(Cl)cc1-c1cc(C)[nH]n1. The number of benzene rings is 1. The average molecular weight is 265 g/mol. The molecule has 1 aromatic carbocycles. The van der Waals surface area contributed by atoms with E-state index in [1.807, 2.05) is 31.2 Å². The van der Waals surface area contributed by atoms with Crippen LogP contribution in [0.25, 0.3) is 11.3 Å². The van der Waals surface area contributed by atoms with E-state index in [1.165, 1.54) is 0 Å². The average Bonchev–Trinajstić information content (AvgIpc) is 2.78. The zero-order valence-corrected chi connectivity index (χ0v) is 11.4. The summed E-state index contributed by atoms with van der Waals surface area (Å²) in [5.41, 5.74) is 2.81. The lowest BCUT2D eigenvalue weighted by Gasteiger charge is -2.10. The molecule has 0 unspecified atom stereocenters. The van der Waals surface area contributed by atoms with Gasteiger partial charge in [-0.3, -0.25) is 5.10 Å². The topological polar surface area (TPSA) is 37.9 Å². The third kappa shape index (κ3) is 3.05. The van der Waals surface area contributed by atoms with Gasteiger partial charge in [0.25, 0.3) is 0 Å². The summed E-state index contributed by atoms with van der Waals surface area (Å²) < 4.78 is 5.78. The summed E-state index contributed by atoms with van der Waals surface area (Å²) in [5, 5.41) is 7.87. The highest BCUT2D eigenvalue weighted by atomic mass is 35.5. The Bertz CT molecular complexity index is 522. The predicted molar refractivity (Wildman–Crippen MR) is 74.2 cm³/mol. The van der Waals surface area contributed by atoms with Crippen molar-refractivity contribution in [2.45, 2.75) is 26.7 Å². The molecule has 2 rings (SSSR count). The van der Waals surface area contributed by atoms with Crippen LogP contribution in [0.2, 0.25) is 5.02 Å². The van der Waals surface area contributed by atoms with Crippen LogP contribution in [0.3, 0.4) is 0 Å². The van der Waals surface area contributed by atoms with E-state index in [2.05, 4.69) is 17.1 Å². The molecule has 96 valence electrons. The van der Waals surface area contributed by atoms with Gasteiger partial charge in [-0.2, -0.15) is 5.10 Å². The predicted octanol–water partition coefficient (Wildman–Crippen LogP) is 4.22. The highest BCUT2D eigenvalue weighted by Crippen LogP contribution is 2.31. The molecule has 0 amide bonds. The van der Waals surface area contributed by atoms with Crippen molar-refractivity contribution in [3.05, 3.63) is 35.0 Å². The standard InChI is InChI=1S/C14H17ClN2O/c1-3-4-7-18-14-6-5-11(15)9-12(14)13-8-10(2)16-17-13/h5-6,8-9H,3-4,7H2,1-2H3,(H,16,17). The van der Waals surface area contributed by atoms with E-state index in [-0.39, 0.29) is 0 Å². The van der Waals surface area contributed by atoms with Crippen molar-refractivity contribution in [1.82, 2.24) is 10.2 Å². The molecule has 1 heterocycles. The van der Waals surface area contributed by atoms with Gasteiger partial charge in [0.05, 0.1) is 12.3 Å². The third-order valence-corrected chi connectivity index (χ3v) is 2.91. The number of aryl methyl sites for hydroxylation is 1. The molecule has 0 saturated heterocycles. The number of aromatic nitrogens is 2. The molecule has 1 N–H and O–H groups in total. The molecular formula is C14H17ClN2O. The van der Waals surface area contributed by atoms with E-state index >= 15 is 0 Å². The van der Waals surface area contributed by atoms with Gasteiger partial charge in [-0.15, -0.1) is 0 Å². The first kappa shape index (κ1) is 13.0. The maximum absolute atomic E-state index is 6.04. The molecule has 4 heteroatoms. The van der Waals surface area contributed by atoms with Crippen LogP contribution in [-0.2, 0) is 0 Å². The summed E-state index contributed by atoms with van der Waals surface area (Å²) in [6, 6.07) is 7.61. The Morgan fingerprint density at radius 2 is 2.17 bits per heavy atom. The second-order valence-electron chi connectivity index (χ2n) is 4.28. The van der Waals surface area contributed by atoms with Gasteiger partial charge in [-0.05, 0) is 37.6 Å². The molecular weight excluding hydrogens is 248 g/mol. The summed E-state index contributed by atoms with van der Waals surface area (Å²) in [6.07, 6.45) is 2.16. The Balaban J connectivity index is 2.29. The number of rotatable bonds is 5. The molecule has 0 fully saturated rings. The lowest BCUT2D eigenvalue weighted by atomic mass is 10.1. The van der Waals surface area contributed by atoms with Crippen LogP contribution in [-0.4, -0.2) is 16.8 Å². The number of ether oxygens (including phenoxy) is 1. The summed E-state index contributed by atoms with van der Waals surface area (Å²) in [4.78, 5) is 0. The van der Waals surface area contributed by atoms with Crippen molar-refractivity contribution in [3.8, 4) is 17.0 Å². The zero-order chi connectivity index (χ0) is 13.0. The lowest BCUT2D eigenvalue weighted by Crippen LogP contribution is -1.98. The van der Waals surface area contributed by atoms with Gasteiger partial charge in [0.1, 0.15) is 5.75 Å². The fourth-order valence-electron chi connectivity index (χ4n) is 1.71. The molecule has 0 saturated carbocycles. The maximum Gasteiger partial charge on any atom is 0.128 e. The van der Waals surface area contributed by atoms with Crippen molar-refractivity contribution in [2.24, 2.45) is 0 Å². The fourth-order valence-corrected chi connectivity index (χ4v) is 1.88. The van der Waals surface area contributed by atoms with E-state index in [0.29, 0.717) is 11.6 Å². The number of nitrogens with zero attached hydrogens (tertiary/aromatic N) is 1. The first-order chi connectivity index (χ1) is 8.70. The van der Waals surface area contributed by atoms with Crippen LogP contribution in [0.15, 0.2) is 24.3 Å². The Hall–Kier alpha value is -1.48. The Labute approximate surface area is 112 Å². The maximum atomic E-state index is 6.04. The summed E-state index contributed by atoms with van der Waals surface area (Å²) >= 11 is 6.04. The number of hydrogen-bond donors (Lipinski definition) is 1. The van der Waals surface area contributed by atoms with Crippen LogP contribution >= 0.6 is 11.6 Å². The summed E-state index contributed by atoms with van der Waals surface area (Å²) in [6.45, 7) is 4.83. The molecule has 2 aromatic rings. The first-order valence-corrected chi connectivity index (χ1v) is 6.53. The normalized spacial score (nSPS) is 10.6. The van der Waals surface area contributed by atoms with E-state index in [9.17, 15) is 0 Å². The molecule has 0 atom stereocenters. The van der Waals surface area contributed by atoms with E-state index in [0.717, 1.165) is 35.5 Å². The Morgan fingerprint density at radius 3 is 2.83 bits per heavy atom. The number of aromatic amines is 1. The monoisotopic (exact) mass is 264 g/mol.